The Morgan fingerprint density at radius 1 is 1.53 bits per heavy atom. The second kappa shape index (κ2) is 6.83. The number of nitrogens with one attached hydrogen (secondary N) is 2. The van der Waals surface area contributed by atoms with Crippen LogP contribution in [0.2, 0.25) is 0 Å². The number of nitrogens with zero attached hydrogens (tertiary/aromatic N) is 2. The molecule has 0 bridgehead atoms. The van der Waals surface area contributed by atoms with Crippen molar-refractivity contribution in [2.75, 3.05) is 24.7 Å². The van der Waals surface area contributed by atoms with Gasteiger partial charge in [0.2, 0.25) is 10.0 Å². The van der Waals surface area contributed by atoms with Crippen LogP contribution in [0.3, 0.4) is 0 Å². The summed E-state index contributed by atoms with van der Waals surface area (Å²) < 4.78 is 25.7. The number of hydrogen-bond donors (Lipinski definition) is 2. The van der Waals surface area contributed by atoms with Crippen LogP contribution in [-0.2, 0) is 16.6 Å². The van der Waals surface area contributed by atoms with Crippen molar-refractivity contribution >= 4 is 31.6 Å². The van der Waals surface area contributed by atoms with Crippen molar-refractivity contribution in [1.82, 2.24) is 14.5 Å². The van der Waals surface area contributed by atoms with E-state index in [0.29, 0.717) is 23.2 Å². The van der Waals surface area contributed by atoms with Gasteiger partial charge in [-0.15, -0.1) is 6.58 Å². The van der Waals surface area contributed by atoms with Gasteiger partial charge in [-0.3, -0.25) is 4.79 Å². The van der Waals surface area contributed by atoms with Gasteiger partial charge in [-0.2, -0.15) is 5.10 Å². The molecule has 1 aromatic rings. The third-order valence-corrected chi connectivity index (χ3v) is 3.59. The summed E-state index contributed by atoms with van der Waals surface area (Å²) in [5.74, 6) is 0. The minimum absolute atomic E-state index is 0.223. The summed E-state index contributed by atoms with van der Waals surface area (Å²) in [6.45, 7) is 4.43. The monoisotopic (exact) mass is 350 g/mol. The van der Waals surface area contributed by atoms with E-state index in [2.05, 4.69) is 37.6 Å². The Kier molecular flexibility index (Phi) is 5.70. The Bertz CT molecular complexity index is 612. The fourth-order valence-electron chi connectivity index (χ4n) is 1.27. The van der Waals surface area contributed by atoms with Gasteiger partial charge in [0.1, 0.15) is 4.47 Å². The van der Waals surface area contributed by atoms with Gasteiger partial charge in [0, 0.05) is 13.1 Å². The van der Waals surface area contributed by atoms with Gasteiger partial charge in [0.25, 0.3) is 5.56 Å². The molecule has 0 spiro atoms. The molecule has 0 radical (unpaired) electrons. The first-order valence-electron chi connectivity index (χ1n) is 5.40. The number of anilines is 1. The first-order chi connectivity index (χ1) is 8.85. The Morgan fingerprint density at radius 3 is 2.79 bits per heavy atom. The number of halogens is 1. The maximum atomic E-state index is 11.8. The Morgan fingerprint density at radius 2 is 2.21 bits per heavy atom. The molecule has 1 heterocycles. The molecular weight excluding hydrogens is 336 g/mol. The smallest absolute Gasteiger partial charge is 0.283 e. The lowest BCUT2D eigenvalue weighted by Crippen LogP contribution is -2.29. The van der Waals surface area contributed by atoms with Crippen LogP contribution in [0, 0.1) is 0 Å². The summed E-state index contributed by atoms with van der Waals surface area (Å²) in [5.41, 5.74) is 0.238. The van der Waals surface area contributed by atoms with Crippen LogP contribution in [0.4, 0.5) is 5.69 Å². The highest BCUT2D eigenvalue weighted by atomic mass is 79.9. The molecule has 0 saturated heterocycles. The molecule has 0 amide bonds. The molecule has 9 heteroatoms. The van der Waals surface area contributed by atoms with Crippen molar-refractivity contribution < 1.29 is 8.42 Å². The lowest BCUT2D eigenvalue weighted by molar-refractivity contribution is 0.589. The molecule has 0 aliphatic carbocycles. The molecule has 0 atom stereocenters. The summed E-state index contributed by atoms with van der Waals surface area (Å²) in [6.07, 6.45) is 4.15. The SMILES string of the molecule is C=CCn1ncc(NCCNS(C)(=O)=O)c(Br)c1=O. The molecule has 0 aliphatic heterocycles. The van der Waals surface area contributed by atoms with Crippen LogP contribution in [0.1, 0.15) is 0 Å². The summed E-state index contributed by atoms with van der Waals surface area (Å²) >= 11 is 3.18. The molecule has 19 heavy (non-hydrogen) atoms. The van der Waals surface area contributed by atoms with E-state index < -0.39 is 10.0 Å². The van der Waals surface area contributed by atoms with Crippen molar-refractivity contribution in [1.29, 1.82) is 0 Å². The van der Waals surface area contributed by atoms with Crippen LogP contribution in [0.15, 0.2) is 28.1 Å². The maximum absolute atomic E-state index is 11.8. The standard InChI is InChI=1S/C10H15BrN4O3S/c1-3-6-15-10(16)9(11)8(7-13-15)12-4-5-14-19(2,17)18/h3,7,12,14H,1,4-6H2,2H3. The van der Waals surface area contributed by atoms with Gasteiger partial charge in [-0.25, -0.2) is 17.8 Å². The minimum Gasteiger partial charge on any atom is -0.381 e. The lowest BCUT2D eigenvalue weighted by Gasteiger charge is -2.09. The number of allylic oxidation sites excluding steroid dienone is 1. The van der Waals surface area contributed by atoms with E-state index in [-0.39, 0.29) is 12.1 Å². The van der Waals surface area contributed by atoms with E-state index in [1.807, 2.05) is 0 Å². The molecular formula is C10H15BrN4O3S. The quantitative estimate of drug-likeness (QED) is 0.539. The fourth-order valence-corrected chi connectivity index (χ4v) is 2.19. The summed E-state index contributed by atoms with van der Waals surface area (Å²) in [4.78, 5) is 11.8. The van der Waals surface area contributed by atoms with Gasteiger partial charge in [0.05, 0.1) is 24.7 Å². The second-order valence-corrected chi connectivity index (χ2v) is 6.37. The van der Waals surface area contributed by atoms with E-state index in [4.69, 9.17) is 0 Å². The van der Waals surface area contributed by atoms with Crippen molar-refractivity contribution in [3.8, 4) is 0 Å². The Balaban J connectivity index is 2.68. The highest BCUT2D eigenvalue weighted by Crippen LogP contribution is 2.15. The van der Waals surface area contributed by atoms with Crippen molar-refractivity contribution in [3.05, 3.63) is 33.7 Å². The van der Waals surface area contributed by atoms with E-state index in [9.17, 15) is 13.2 Å². The third kappa shape index (κ3) is 5.13. The van der Waals surface area contributed by atoms with Gasteiger partial charge in [-0.1, -0.05) is 6.08 Å². The van der Waals surface area contributed by atoms with Crippen molar-refractivity contribution in [3.63, 3.8) is 0 Å². The predicted octanol–water partition coefficient (Wildman–Crippen LogP) is 0.153. The molecule has 0 aromatic carbocycles. The number of sulfonamides is 1. The lowest BCUT2D eigenvalue weighted by atomic mass is 10.4. The van der Waals surface area contributed by atoms with Crippen LogP contribution < -0.4 is 15.6 Å². The highest BCUT2D eigenvalue weighted by Gasteiger charge is 2.07. The zero-order valence-electron chi connectivity index (χ0n) is 10.4. The summed E-state index contributed by atoms with van der Waals surface area (Å²) in [7, 11) is -3.21. The van der Waals surface area contributed by atoms with Gasteiger partial charge < -0.3 is 5.32 Å². The second-order valence-electron chi connectivity index (χ2n) is 3.74. The molecule has 0 saturated carbocycles. The maximum Gasteiger partial charge on any atom is 0.283 e. The van der Waals surface area contributed by atoms with Gasteiger partial charge in [0.15, 0.2) is 0 Å². The van der Waals surface area contributed by atoms with Crippen LogP contribution in [0.25, 0.3) is 0 Å². The zero-order valence-corrected chi connectivity index (χ0v) is 12.8. The molecule has 106 valence electrons. The molecule has 1 rings (SSSR count). The predicted molar refractivity (Wildman–Crippen MR) is 77.7 cm³/mol. The average Bonchev–Trinajstić information content (AvgIpc) is 2.32. The van der Waals surface area contributed by atoms with Gasteiger partial charge >= 0.3 is 0 Å². The molecule has 0 fully saturated rings. The molecule has 2 N–H and O–H groups in total. The van der Waals surface area contributed by atoms with Crippen LogP contribution >= 0.6 is 15.9 Å². The highest BCUT2D eigenvalue weighted by molar-refractivity contribution is 9.10. The largest absolute Gasteiger partial charge is 0.381 e. The topological polar surface area (TPSA) is 93.1 Å². The van der Waals surface area contributed by atoms with Crippen molar-refractivity contribution in [2.24, 2.45) is 0 Å². The van der Waals surface area contributed by atoms with Crippen LogP contribution in [0.5, 0.6) is 0 Å². The zero-order chi connectivity index (χ0) is 14.5. The molecule has 0 aliphatic rings. The van der Waals surface area contributed by atoms with E-state index in [0.717, 1.165) is 6.26 Å². The molecule has 1 aromatic heterocycles. The minimum atomic E-state index is -3.21. The number of hydrogen-bond acceptors (Lipinski definition) is 5. The normalized spacial score (nSPS) is 11.3. The van der Waals surface area contributed by atoms with Crippen LogP contribution in [-0.4, -0.2) is 37.5 Å². The van der Waals surface area contributed by atoms with E-state index >= 15 is 0 Å². The number of aromatic nitrogens is 2. The average molecular weight is 351 g/mol. The molecule has 7 nitrogen and oxygen atoms in total. The van der Waals surface area contributed by atoms with E-state index in [1.165, 1.54) is 10.9 Å². The van der Waals surface area contributed by atoms with E-state index in [1.54, 1.807) is 6.08 Å². The first kappa shape index (κ1) is 15.9. The number of rotatable bonds is 7. The van der Waals surface area contributed by atoms with Crippen molar-refractivity contribution in [2.45, 2.75) is 6.54 Å². The van der Waals surface area contributed by atoms with Gasteiger partial charge in [-0.05, 0) is 15.9 Å². The Hall–Kier alpha value is -1.19. The Labute approximate surface area is 119 Å². The summed E-state index contributed by atoms with van der Waals surface area (Å²) in [5, 5.41) is 6.88. The fraction of sp³-hybridized carbons (Fsp3) is 0.400. The summed E-state index contributed by atoms with van der Waals surface area (Å²) in [6, 6.07) is 0. The third-order valence-electron chi connectivity index (χ3n) is 2.09. The first-order valence-corrected chi connectivity index (χ1v) is 8.08. The molecule has 0 unspecified atom stereocenters.